The Bertz CT molecular complexity index is 261. The van der Waals surface area contributed by atoms with Gasteiger partial charge in [-0.05, 0) is 25.7 Å². The van der Waals surface area contributed by atoms with Gasteiger partial charge in [-0.3, -0.25) is 4.79 Å². The zero-order valence-corrected chi connectivity index (χ0v) is 9.77. The molecule has 0 aromatic carbocycles. The lowest BCUT2D eigenvalue weighted by Gasteiger charge is -2.34. The third kappa shape index (κ3) is 1.86. The van der Waals surface area contributed by atoms with Crippen LogP contribution in [-0.4, -0.2) is 31.8 Å². The van der Waals surface area contributed by atoms with Gasteiger partial charge in [0, 0.05) is 6.54 Å². The Hall–Kier alpha value is -0.320. The van der Waals surface area contributed by atoms with Crippen molar-refractivity contribution < 1.29 is 14.3 Å². The lowest BCUT2D eigenvalue weighted by Crippen LogP contribution is -2.43. The summed E-state index contributed by atoms with van der Waals surface area (Å²) in [5.74, 6) is -0.132. The minimum atomic E-state index is -0.396. The molecule has 4 nitrogen and oxygen atoms in total. The summed E-state index contributed by atoms with van der Waals surface area (Å²) in [7, 11) is 1.44. The summed E-state index contributed by atoms with van der Waals surface area (Å²) in [4.78, 5) is 11.7. The molecule has 2 unspecified atom stereocenters. The predicted molar refractivity (Wildman–Crippen MR) is 57.9 cm³/mol. The van der Waals surface area contributed by atoms with Crippen LogP contribution in [0.25, 0.3) is 0 Å². The van der Waals surface area contributed by atoms with Gasteiger partial charge in [0.15, 0.2) is 0 Å². The second kappa shape index (κ2) is 4.28. The highest BCUT2D eigenvalue weighted by molar-refractivity contribution is 5.85. The van der Waals surface area contributed by atoms with E-state index < -0.39 is 5.41 Å². The Morgan fingerprint density at radius 1 is 1.53 bits per heavy atom. The molecule has 5 heteroatoms. The summed E-state index contributed by atoms with van der Waals surface area (Å²) >= 11 is 0. The van der Waals surface area contributed by atoms with E-state index in [9.17, 15) is 4.79 Å². The van der Waals surface area contributed by atoms with Gasteiger partial charge in [0.1, 0.15) is 0 Å². The second-order valence-electron chi connectivity index (χ2n) is 4.48. The Balaban J connectivity index is 0.00000112. The minimum absolute atomic E-state index is 0. The molecule has 0 aromatic rings. The summed E-state index contributed by atoms with van der Waals surface area (Å²) in [5.41, 5.74) is 5.06. The van der Waals surface area contributed by atoms with Crippen molar-refractivity contribution in [3.63, 3.8) is 0 Å². The van der Waals surface area contributed by atoms with Crippen LogP contribution in [0.4, 0.5) is 0 Å². The normalized spacial score (nSPS) is 38.3. The largest absolute Gasteiger partial charge is 0.469 e. The number of carbonyl (C=O) groups is 1. The SMILES string of the molecule is COC(=O)C12CCCC(CN)(C1)OC2.Cl. The fourth-order valence-electron chi connectivity index (χ4n) is 2.76. The Morgan fingerprint density at radius 3 is 2.87 bits per heavy atom. The number of halogens is 1. The molecular formula is C10H18ClNO3. The van der Waals surface area contributed by atoms with E-state index >= 15 is 0 Å². The van der Waals surface area contributed by atoms with Crippen molar-refractivity contribution in [2.45, 2.75) is 31.3 Å². The molecule has 0 aromatic heterocycles. The molecule has 2 atom stereocenters. The van der Waals surface area contributed by atoms with E-state index in [2.05, 4.69) is 0 Å². The molecule has 2 bridgehead atoms. The third-order valence-electron chi connectivity index (χ3n) is 3.59. The first-order chi connectivity index (χ1) is 6.66. The molecule has 15 heavy (non-hydrogen) atoms. The molecule has 2 N–H and O–H groups in total. The molecule has 0 amide bonds. The van der Waals surface area contributed by atoms with E-state index in [1.165, 1.54) is 7.11 Å². The Kier molecular flexibility index (Phi) is 3.63. The molecule has 0 spiro atoms. The van der Waals surface area contributed by atoms with Gasteiger partial charge >= 0.3 is 5.97 Å². The number of rotatable bonds is 2. The van der Waals surface area contributed by atoms with Gasteiger partial charge in [-0.15, -0.1) is 12.4 Å². The lowest BCUT2D eigenvalue weighted by molar-refractivity contribution is -0.153. The van der Waals surface area contributed by atoms with E-state index in [4.69, 9.17) is 15.2 Å². The number of nitrogens with two attached hydrogens (primary N) is 1. The Morgan fingerprint density at radius 2 is 2.27 bits per heavy atom. The lowest BCUT2D eigenvalue weighted by atomic mass is 9.70. The van der Waals surface area contributed by atoms with Crippen LogP contribution in [-0.2, 0) is 14.3 Å². The summed E-state index contributed by atoms with van der Waals surface area (Å²) in [6.07, 6.45) is 3.60. The smallest absolute Gasteiger partial charge is 0.314 e. The number of hydrogen-bond acceptors (Lipinski definition) is 4. The van der Waals surface area contributed by atoms with Crippen LogP contribution < -0.4 is 5.73 Å². The first kappa shape index (κ1) is 12.7. The van der Waals surface area contributed by atoms with Crippen LogP contribution in [0.2, 0.25) is 0 Å². The van der Waals surface area contributed by atoms with Crippen LogP contribution in [0.5, 0.6) is 0 Å². The van der Waals surface area contributed by atoms with Crippen molar-refractivity contribution in [1.82, 2.24) is 0 Å². The van der Waals surface area contributed by atoms with Gasteiger partial charge in [-0.1, -0.05) is 0 Å². The van der Waals surface area contributed by atoms with E-state index in [-0.39, 0.29) is 24.0 Å². The molecule has 1 saturated heterocycles. The van der Waals surface area contributed by atoms with Crippen molar-refractivity contribution in [3.05, 3.63) is 0 Å². The first-order valence-electron chi connectivity index (χ1n) is 5.09. The molecule has 2 aliphatic rings. The molecule has 0 radical (unpaired) electrons. The summed E-state index contributed by atoms with van der Waals surface area (Å²) in [6.45, 7) is 0.989. The van der Waals surface area contributed by atoms with Gasteiger partial charge in [-0.25, -0.2) is 0 Å². The number of methoxy groups -OCH3 is 1. The second-order valence-corrected chi connectivity index (χ2v) is 4.48. The molecule has 1 aliphatic heterocycles. The molecule has 2 fully saturated rings. The van der Waals surface area contributed by atoms with Gasteiger partial charge in [0.2, 0.25) is 0 Å². The van der Waals surface area contributed by atoms with Crippen molar-refractivity contribution in [3.8, 4) is 0 Å². The van der Waals surface area contributed by atoms with Gasteiger partial charge in [0.05, 0.1) is 24.7 Å². The fraction of sp³-hybridized carbons (Fsp3) is 0.900. The maximum absolute atomic E-state index is 11.7. The van der Waals surface area contributed by atoms with Crippen LogP contribution in [0.1, 0.15) is 25.7 Å². The molecule has 88 valence electrons. The molecule has 1 saturated carbocycles. The van der Waals surface area contributed by atoms with Crippen molar-refractivity contribution in [1.29, 1.82) is 0 Å². The van der Waals surface area contributed by atoms with Crippen LogP contribution in [0.3, 0.4) is 0 Å². The summed E-state index contributed by atoms with van der Waals surface area (Å²) < 4.78 is 10.6. The van der Waals surface area contributed by atoms with Gasteiger partial charge in [0.25, 0.3) is 0 Å². The maximum atomic E-state index is 11.7. The number of carbonyl (C=O) groups excluding carboxylic acids is 1. The minimum Gasteiger partial charge on any atom is -0.469 e. The first-order valence-corrected chi connectivity index (χ1v) is 5.09. The molecular weight excluding hydrogens is 218 g/mol. The zero-order chi connectivity index (χ0) is 10.2. The predicted octanol–water partition coefficient (Wildman–Crippen LogP) is 0.869. The standard InChI is InChI=1S/C10H17NO3.ClH/c1-13-8(12)9-3-2-4-10(5-9,6-11)14-7-9;/h2-7,11H2,1H3;1H. The van der Waals surface area contributed by atoms with Gasteiger partial charge < -0.3 is 15.2 Å². The fourth-order valence-corrected chi connectivity index (χ4v) is 2.76. The van der Waals surface area contributed by atoms with Crippen LogP contribution in [0, 0.1) is 5.41 Å². The summed E-state index contributed by atoms with van der Waals surface area (Å²) in [5, 5.41) is 0. The molecule has 1 heterocycles. The highest BCUT2D eigenvalue weighted by atomic mass is 35.5. The number of fused-ring (bicyclic) bond motifs is 2. The van der Waals surface area contributed by atoms with Gasteiger partial charge in [-0.2, -0.15) is 0 Å². The number of ether oxygens (including phenoxy) is 2. The van der Waals surface area contributed by atoms with Crippen LogP contribution in [0.15, 0.2) is 0 Å². The van der Waals surface area contributed by atoms with E-state index in [1.54, 1.807) is 0 Å². The van der Waals surface area contributed by atoms with E-state index in [1.807, 2.05) is 0 Å². The monoisotopic (exact) mass is 235 g/mol. The van der Waals surface area contributed by atoms with E-state index in [0.717, 1.165) is 25.7 Å². The molecule has 2 rings (SSSR count). The van der Waals surface area contributed by atoms with Crippen molar-refractivity contribution >= 4 is 18.4 Å². The number of esters is 1. The maximum Gasteiger partial charge on any atom is 0.314 e. The summed E-state index contributed by atoms with van der Waals surface area (Å²) in [6, 6.07) is 0. The topological polar surface area (TPSA) is 61.5 Å². The quantitative estimate of drug-likeness (QED) is 0.722. The van der Waals surface area contributed by atoms with Crippen LogP contribution >= 0.6 is 12.4 Å². The van der Waals surface area contributed by atoms with Crippen molar-refractivity contribution in [2.75, 3.05) is 20.3 Å². The highest BCUT2D eigenvalue weighted by Crippen LogP contribution is 2.50. The molecule has 1 aliphatic carbocycles. The number of hydrogen-bond donors (Lipinski definition) is 1. The Labute approximate surface area is 95.9 Å². The average molecular weight is 236 g/mol. The third-order valence-corrected chi connectivity index (χ3v) is 3.59. The zero-order valence-electron chi connectivity index (χ0n) is 8.95. The van der Waals surface area contributed by atoms with Crippen molar-refractivity contribution in [2.24, 2.45) is 11.1 Å². The van der Waals surface area contributed by atoms with E-state index in [0.29, 0.717) is 13.2 Å². The average Bonchev–Trinajstić information content (AvgIpc) is 2.51. The highest BCUT2D eigenvalue weighted by Gasteiger charge is 2.56.